The number of hydrogen-bond donors (Lipinski definition) is 3. The molecular formula is C24H17BrCl2N4O3. The number of amides is 3. The van der Waals surface area contributed by atoms with E-state index in [0.717, 1.165) is 10.0 Å². The van der Waals surface area contributed by atoms with Gasteiger partial charge in [-0.1, -0.05) is 69.5 Å². The van der Waals surface area contributed by atoms with Crippen molar-refractivity contribution in [1.29, 1.82) is 0 Å². The number of rotatable bonds is 5. The van der Waals surface area contributed by atoms with Crippen LogP contribution in [0.4, 0.5) is 5.69 Å². The topological polar surface area (TPSA) is 92.2 Å². The molecule has 0 radical (unpaired) electrons. The van der Waals surface area contributed by atoms with Crippen molar-refractivity contribution in [3.05, 3.63) is 98.6 Å². The number of halogens is 3. The van der Waals surface area contributed by atoms with E-state index in [2.05, 4.69) is 32.0 Å². The van der Waals surface area contributed by atoms with E-state index >= 15 is 0 Å². The Morgan fingerprint density at radius 3 is 2.35 bits per heavy atom. The zero-order valence-electron chi connectivity index (χ0n) is 17.4. The highest BCUT2D eigenvalue weighted by molar-refractivity contribution is 9.10. The number of carbonyl (C=O) groups excluding carboxylic acids is 3. The summed E-state index contributed by atoms with van der Waals surface area (Å²) in [7, 11) is 0. The summed E-state index contributed by atoms with van der Waals surface area (Å²) in [6.07, 6.45) is 0. The molecule has 0 saturated carbocycles. The van der Waals surface area contributed by atoms with E-state index in [9.17, 15) is 14.4 Å². The van der Waals surface area contributed by atoms with Gasteiger partial charge in [-0.05, 0) is 48.0 Å². The Morgan fingerprint density at radius 1 is 0.853 bits per heavy atom. The lowest BCUT2D eigenvalue weighted by atomic mass is 10.2. The van der Waals surface area contributed by atoms with Crippen LogP contribution in [0.2, 0.25) is 10.0 Å². The average molecular weight is 560 g/mol. The van der Waals surface area contributed by atoms with Gasteiger partial charge in [0.25, 0.3) is 5.91 Å². The molecule has 1 heterocycles. The van der Waals surface area contributed by atoms with E-state index in [0.29, 0.717) is 21.6 Å². The Morgan fingerprint density at radius 2 is 1.62 bits per heavy atom. The maximum absolute atomic E-state index is 13.1. The molecule has 0 aliphatic rings. The van der Waals surface area contributed by atoms with E-state index in [1.807, 2.05) is 30.3 Å². The molecule has 0 saturated heterocycles. The molecule has 0 unspecified atom stereocenters. The van der Waals surface area contributed by atoms with Crippen LogP contribution in [0.1, 0.15) is 16.1 Å². The number of aromatic nitrogens is 1. The maximum Gasteiger partial charge on any atom is 0.328 e. The van der Waals surface area contributed by atoms with E-state index in [1.54, 1.807) is 36.4 Å². The summed E-state index contributed by atoms with van der Waals surface area (Å²) in [5.41, 5.74) is 4.44. The van der Waals surface area contributed by atoms with Gasteiger partial charge in [0.05, 0.1) is 15.6 Å². The number of hydrogen-bond acceptors (Lipinski definition) is 3. The molecule has 172 valence electrons. The second kappa shape index (κ2) is 10.3. The summed E-state index contributed by atoms with van der Waals surface area (Å²) in [6, 6.07) is 20.8. The van der Waals surface area contributed by atoms with Gasteiger partial charge in [0.2, 0.25) is 0 Å². The fraction of sp³-hybridized carbons (Fsp3) is 0.0417. The molecule has 0 atom stereocenters. The van der Waals surface area contributed by atoms with E-state index in [1.165, 1.54) is 10.7 Å². The van der Waals surface area contributed by atoms with Crippen molar-refractivity contribution in [3.8, 4) is 0 Å². The lowest BCUT2D eigenvalue weighted by Gasteiger charge is -2.13. The minimum Gasteiger partial charge on any atom is -0.344 e. The summed E-state index contributed by atoms with van der Waals surface area (Å²) in [6.45, 7) is 0.192. The summed E-state index contributed by atoms with van der Waals surface area (Å²) in [5, 5.41) is 6.61. The molecule has 3 N–H and O–H groups in total. The number of carbonyl (C=O) groups is 3. The van der Waals surface area contributed by atoms with Crippen LogP contribution >= 0.6 is 39.1 Å². The van der Waals surface area contributed by atoms with Crippen molar-refractivity contribution in [2.75, 3.05) is 10.7 Å². The summed E-state index contributed by atoms with van der Waals surface area (Å²) < 4.78 is 2.07. The van der Waals surface area contributed by atoms with Gasteiger partial charge in [-0.15, -0.1) is 0 Å². The van der Waals surface area contributed by atoms with Gasteiger partial charge >= 0.3 is 11.8 Å². The molecule has 1 aromatic heterocycles. The van der Waals surface area contributed by atoms with Crippen LogP contribution in [-0.2, 0) is 16.1 Å². The van der Waals surface area contributed by atoms with Crippen LogP contribution in [0.25, 0.3) is 10.9 Å². The van der Waals surface area contributed by atoms with Crippen LogP contribution in [0.3, 0.4) is 0 Å². The molecule has 3 aromatic carbocycles. The summed E-state index contributed by atoms with van der Waals surface area (Å²) in [4.78, 5) is 38.1. The molecule has 0 spiro atoms. The zero-order valence-corrected chi connectivity index (χ0v) is 20.5. The highest BCUT2D eigenvalue weighted by atomic mass is 79.9. The Bertz CT molecular complexity index is 1410. The SMILES string of the molecule is O=C(NCc1ccccc1)C(=O)Nn1c(C(=O)Nc2ccc(Cl)c(Cl)c2)cc2cc(Br)ccc21. The van der Waals surface area contributed by atoms with Gasteiger partial charge in [0, 0.05) is 22.1 Å². The number of nitrogens with one attached hydrogen (secondary N) is 3. The predicted octanol–water partition coefficient (Wildman–Crippen LogP) is 5.35. The molecule has 4 aromatic rings. The fourth-order valence-electron chi connectivity index (χ4n) is 3.25. The van der Waals surface area contributed by atoms with Crippen molar-refractivity contribution < 1.29 is 14.4 Å². The predicted molar refractivity (Wildman–Crippen MR) is 137 cm³/mol. The van der Waals surface area contributed by atoms with Gasteiger partial charge in [-0.3, -0.25) is 19.8 Å². The van der Waals surface area contributed by atoms with Gasteiger partial charge in [-0.25, -0.2) is 4.68 Å². The number of fused-ring (bicyclic) bond motifs is 1. The first-order valence-corrected chi connectivity index (χ1v) is 11.6. The van der Waals surface area contributed by atoms with Gasteiger partial charge in [0.1, 0.15) is 5.69 Å². The Labute approximate surface area is 213 Å². The lowest BCUT2D eigenvalue weighted by Crippen LogP contribution is -2.39. The zero-order chi connectivity index (χ0) is 24.2. The smallest absolute Gasteiger partial charge is 0.328 e. The van der Waals surface area contributed by atoms with Crippen molar-refractivity contribution in [3.63, 3.8) is 0 Å². The van der Waals surface area contributed by atoms with Crippen LogP contribution in [0.5, 0.6) is 0 Å². The number of benzene rings is 3. The molecule has 10 heteroatoms. The minimum absolute atomic E-state index is 0.114. The molecule has 0 aliphatic heterocycles. The Kier molecular flexibility index (Phi) is 7.21. The van der Waals surface area contributed by atoms with Crippen LogP contribution in [0, 0.1) is 0 Å². The van der Waals surface area contributed by atoms with Crippen molar-refractivity contribution >= 4 is 73.4 Å². The summed E-state index contributed by atoms with van der Waals surface area (Å²) >= 11 is 15.4. The van der Waals surface area contributed by atoms with Crippen molar-refractivity contribution in [2.45, 2.75) is 6.54 Å². The van der Waals surface area contributed by atoms with Crippen molar-refractivity contribution in [1.82, 2.24) is 9.99 Å². The average Bonchev–Trinajstić information content (AvgIpc) is 3.17. The quantitative estimate of drug-likeness (QED) is 0.288. The van der Waals surface area contributed by atoms with E-state index < -0.39 is 17.7 Å². The van der Waals surface area contributed by atoms with E-state index in [4.69, 9.17) is 23.2 Å². The monoisotopic (exact) mass is 558 g/mol. The summed E-state index contributed by atoms with van der Waals surface area (Å²) in [5.74, 6) is -2.27. The molecule has 7 nitrogen and oxygen atoms in total. The third-order valence-corrected chi connectivity index (χ3v) is 6.12. The highest BCUT2D eigenvalue weighted by Gasteiger charge is 2.21. The molecule has 0 bridgehead atoms. The first-order chi connectivity index (χ1) is 16.3. The number of nitrogens with zero attached hydrogens (tertiary/aromatic N) is 1. The third kappa shape index (κ3) is 5.41. The Hall–Kier alpha value is -3.33. The molecule has 34 heavy (non-hydrogen) atoms. The van der Waals surface area contributed by atoms with Gasteiger partial charge in [-0.2, -0.15) is 0 Å². The van der Waals surface area contributed by atoms with Crippen LogP contribution in [0.15, 0.2) is 77.3 Å². The largest absolute Gasteiger partial charge is 0.344 e. The number of anilines is 1. The lowest BCUT2D eigenvalue weighted by molar-refractivity contribution is -0.136. The molecule has 3 amide bonds. The molecule has 0 fully saturated rings. The third-order valence-electron chi connectivity index (χ3n) is 4.89. The second-order valence-electron chi connectivity index (χ2n) is 7.26. The molecule has 4 rings (SSSR count). The molecule has 0 aliphatic carbocycles. The Balaban J connectivity index is 1.58. The second-order valence-corrected chi connectivity index (χ2v) is 8.99. The standard InChI is InChI=1S/C24H17BrCl2N4O3/c25-16-6-9-20-15(10-16)11-21(22(32)29-17-7-8-18(26)19(27)12-17)31(20)30-24(34)23(33)28-13-14-4-2-1-3-5-14/h1-12H,13H2,(H,28,33)(H,29,32)(H,30,34). The van der Waals surface area contributed by atoms with Crippen molar-refractivity contribution in [2.24, 2.45) is 0 Å². The minimum atomic E-state index is -0.917. The molecular weight excluding hydrogens is 543 g/mol. The van der Waals surface area contributed by atoms with Crippen LogP contribution in [-0.4, -0.2) is 22.4 Å². The fourth-order valence-corrected chi connectivity index (χ4v) is 3.93. The normalized spacial score (nSPS) is 10.7. The highest BCUT2D eigenvalue weighted by Crippen LogP contribution is 2.27. The van der Waals surface area contributed by atoms with E-state index in [-0.39, 0.29) is 17.3 Å². The van der Waals surface area contributed by atoms with Gasteiger partial charge < -0.3 is 10.6 Å². The first kappa shape index (κ1) is 23.8. The first-order valence-electron chi connectivity index (χ1n) is 10.0. The van der Waals surface area contributed by atoms with Gasteiger partial charge in [0.15, 0.2) is 0 Å². The van der Waals surface area contributed by atoms with Crippen LogP contribution < -0.4 is 16.1 Å². The maximum atomic E-state index is 13.1.